The summed E-state index contributed by atoms with van der Waals surface area (Å²) in [5, 5.41) is 2.74. The molecule has 0 unspecified atom stereocenters. The summed E-state index contributed by atoms with van der Waals surface area (Å²) in [6, 6.07) is 1.77. The molecule has 0 atom stereocenters. The topological polar surface area (TPSA) is 88.3 Å². The van der Waals surface area contributed by atoms with Crippen LogP contribution in [0, 0.1) is 0 Å². The van der Waals surface area contributed by atoms with Crippen molar-refractivity contribution in [2.24, 2.45) is 5.84 Å². The lowest BCUT2D eigenvalue weighted by molar-refractivity contribution is 0.0494. The fraction of sp³-hybridized carbons (Fsp3) is 0.556. The molecule has 1 saturated heterocycles. The SMILES string of the molecule is CSc1nc(NN)cc(NN2CCOCC2)n1. The van der Waals surface area contributed by atoms with Crippen LogP contribution in [-0.2, 0) is 4.74 Å². The molecule has 7 nitrogen and oxygen atoms in total. The highest BCUT2D eigenvalue weighted by atomic mass is 32.2. The lowest BCUT2D eigenvalue weighted by atomic mass is 10.5. The highest BCUT2D eigenvalue weighted by molar-refractivity contribution is 7.98. The normalized spacial score (nSPS) is 16.8. The van der Waals surface area contributed by atoms with E-state index < -0.39 is 0 Å². The first-order valence-corrected chi connectivity index (χ1v) is 6.53. The third kappa shape index (κ3) is 3.43. The van der Waals surface area contributed by atoms with Crippen molar-refractivity contribution in [2.45, 2.75) is 5.16 Å². The molecule has 0 bridgehead atoms. The van der Waals surface area contributed by atoms with Crippen molar-refractivity contribution >= 4 is 23.4 Å². The quantitative estimate of drug-likeness (QED) is 0.303. The van der Waals surface area contributed by atoms with E-state index in [4.69, 9.17) is 10.6 Å². The van der Waals surface area contributed by atoms with Crippen molar-refractivity contribution < 1.29 is 4.74 Å². The molecular weight excluding hydrogens is 240 g/mol. The first-order valence-electron chi connectivity index (χ1n) is 5.31. The van der Waals surface area contributed by atoms with Crippen LogP contribution in [0.1, 0.15) is 0 Å². The average molecular weight is 256 g/mol. The standard InChI is InChI=1S/C9H16N6OS/c1-17-9-11-7(13-10)6-8(12-9)14-15-2-4-16-5-3-15/h6H,2-5,10H2,1H3,(H2,11,12,13,14). The van der Waals surface area contributed by atoms with Crippen molar-refractivity contribution in [3.05, 3.63) is 6.07 Å². The number of hydrogen-bond donors (Lipinski definition) is 3. The molecule has 1 fully saturated rings. The zero-order valence-electron chi connectivity index (χ0n) is 9.64. The lowest BCUT2D eigenvalue weighted by Crippen LogP contribution is -2.40. The van der Waals surface area contributed by atoms with Crippen molar-refractivity contribution in [3.8, 4) is 0 Å². The molecule has 0 saturated carbocycles. The van der Waals surface area contributed by atoms with Gasteiger partial charge in [0.15, 0.2) is 5.16 Å². The van der Waals surface area contributed by atoms with E-state index in [1.165, 1.54) is 11.8 Å². The van der Waals surface area contributed by atoms with Gasteiger partial charge >= 0.3 is 0 Å². The summed E-state index contributed by atoms with van der Waals surface area (Å²) in [5.41, 5.74) is 5.76. The van der Waals surface area contributed by atoms with E-state index in [0.717, 1.165) is 32.1 Å². The number of nitrogens with two attached hydrogens (primary N) is 1. The molecule has 1 aromatic heterocycles. The smallest absolute Gasteiger partial charge is 0.191 e. The van der Waals surface area contributed by atoms with Gasteiger partial charge in [-0.05, 0) is 6.26 Å². The molecular formula is C9H16N6OS. The summed E-state index contributed by atoms with van der Waals surface area (Å²) in [5.74, 6) is 6.70. The first-order chi connectivity index (χ1) is 8.31. The van der Waals surface area contributed by atoms with Crippen LogP contribution < -0.4 is 16.7 Å². The molecule has 94 valence electrons. The molecule has 1 aliphatic heterocycles. The summed E-state index contributed by atoms with van der Waals surface area (Å²) < 4.78 is 5.28. The van der Waals surface area contributed by atoms with Gasteiger partial charge in [-0.2, -0.15) is 0 Å². The largest absolute Gasteiger partial charge is 0.379 e. The number of nitrogens with zero attached hydrogens (tertiary/aromatic N) is 3. The van der Waals surface area contributed by atoms with Crippen molar-refractivity contribution in [1.82, 2.24) is 15.0 Å². The van der Waals surface area contributed by atoms with Crippen molar-refractivity contribution in [2.75, 3.05) is 43.4 Å². The minimum absolute atomic E-state index is 0.597. The predicted molar refractivity (Wildman–Crippen MR) is 67.6 cm³/mol. The van der Waals surface area contributed by atoms with Crippen LogP contribution in [0.2, 0.25) is 0 Å². The molecule has 2 rings (SSSR count). The Balaban J connectivity index is 2.07. The summed E-state index contributed by atoms with van der Waals surface area (Å²) >= 11 is 1.47. The molecule has 2 heterocycles. The maximum Gasteiger partial charge on any atom is 0.191 e. The highest BCUT2D eigenvalue weighted by Crippen LogP contribution is 2.17. The molecule has 0 spiro atoms. The number of hydrogen-bond acceptors (Lipinski definition) is 8. The van der Waals surface area contributed by atoms with Gasteiger partial charge in [0.1, 0.15) is 11.6 Å². The van der Waals surface area contributed by atoms with E-state index in [2.05, 4.69) is 25.8 Å². The van der Waals surface area contributed by atoms with Crippen LogP contribution in [0.15, 0.2) is 11.2 Å². The monoisotopic (exact) mass is 256 g/mol. The van der Waals surface area contributed by atoms with Crippen LogP contribution in [0.25, 0.3) is 0 Å². The number of hydrazine groups is 2. The Hall–Kier alpha value is -1.09. The molecule has 0 aliphatic carbocycles. The molecule has 0 radical (unpaired) electrons. The van der Waals surface area contributed by atoms with Crippen molar-refractivity contribution in [1.29, 1.82) is 0 Å². The Morgan fingerprint density at radius 1 is 1.35 bits per heavy atom. The number of nitrogen functional groups attached to an aromatic ring is 1. The summed E-state index contributed by atoms with van der Waals surface area (Å²) in [4.78, 5) is 8.55. The first kappa shape index (κ1) is 12.4. The Morgan fingerprint density at radius 2 is 2.06 bits per heavy atom. The third-order valence-electron chi connectivity index (χ3n) is 2.32. The molecule has 4 N–H and O–H groups in total. The average Bonchev–Trinajstić information content (AvgIpc) is 2.39. The van der Waals surface area contributed by atoms with Gasteiger partial charge in [-0.1, -0.05) is 11.8 Å². The number of thioether (sulfide) groups is 1. The third-order valence-corrected chi connectivity index (χ3v) is 2.87. The Morgan fingerprint density at radius 3 is 2.71 bits per heavy atom. The predicted octanol–water partition coefficient (Wildman–Crippen LogP) is 0.143. The van der Waals surface area contributed by atoms with Gasteiger partial charge in [0.05, 0.1) is 13.2 Å². The Kier molecular flexibility index (Phi) is 4.37. The van der Waals surface area contributed by atoms with E-state index >= 15 is 0 Å². The van der Waals surface area contributed by atoms with Gasteiger partial charge in [0.2, 0.25) is 0 Å². The maximum absolute atomic E-state index is 5.36. The minimum atomic E-state index is 0.597. The van der Waals surface area contributed by atoms with Crippen LogP contribution in [0.5, 0.6) is 0 Å². The van der Waals surface area contributed by atoms with Gasteiger partial charge in [-0.15, -0.1) is 0 Å². The maximum atomic E-state index is 5.36. The van der Waals surface area contributed by atoms with Crippen molar-refractivity contribution in [3.63, 3.8) is 0 Å². The second-order valence-electron chi connectivity index (χ2n) is 3.48. The van der Waals surface area contributed by atoms with Crippen LogP contribution in [0.3, 0.4) is 0 Å². The summed E-state index contributed by atoms with van der Waals surface area (Å²) in [6.45, 7) is 3.14. The van der Waals surface area contributed by atoms with Gasteiger partial charge in [0.25, 0.3) is 0 Å². The van der Waals surface area contributed by atoms with Gasteiger partial charge in [0, 0.05) is 19.2 Å². The molecule has 0 aromatic carbocycles. The van der Waals surface area contributed by atoms with Gasteiger partial charge in [-0.25, -0.2) is 20.8 Å². The number of morpholine rings is 1. The number of ether oxygens (including phenoxy) is 1. The number of anilines is 2. The Labute approximate surface area is 104 Å². The van der Waals surface area contributed by atoms with E-state index in [9.17, 15) is 0 Å². The molecule has 8 heteroatoms. The summed E-state index contributed by atoms with van der Waals surface area (Å²) in [7, 11) is 0. The number of aromatic nitrogens is 2. The molecule has 0 amide bonds. The fourth-order valence-electron chi connectivity index (χ4n) is 1.48. The second-order valence-corrected chi connectivity index (χ2v) is 4.25. The van der Waals surface area contributed by atoms with Gasteiger partial charge in [-0.3, -0.25) is 0 Å². The van der Waals surface area contributed by atoms with Gasteiger partial charge < -0.3 is 15.6 Å². The van der Waals surface area contributed by atoms with E-state index in [1.54, 1.807) is 6.07 Å². The number of nitrogens with one attached hydrogen (secondary N) is 2. The second kappa shape index (κ2) is 6.01. The summed E-state index contributed by atoms with van der Waals surface area (Å²) in [6.07, 6.45) is 1.92. The zero-order valence-corrected chi connectivity index (χ0v) is 10.5. The molecule has 1 aliphatic rings. The van der Waals surface area contributed by atoms with E-state index in [-0.39, 0.29) is 0 Å². The highest BCUT2D eigenvalue weighted by Gasteiger charge is 2.11. The minimum Gasteiger partial charge on any atom is -0.379 e. The lowest BCUT2D eigenvalue weighted by Gasteiger charge is -2.27. The van der Waals surface area contributed by atoms with E-state index in [1.807, 2.05) is 6.26 Å². The number of rotatable bonds is 4. The Bertz CT molecular complexity index is 348. The van der Waals surface area contributed by atoms with Crippen LogP contribution in [-0.4, -0.2) is 47.5 Å². The van der Waals surface area contributed by atoms with Crippen LogP contribution in [0.4, 0.5) is 11.6 Å². The fourth-order valence-corrected chi connectivity index (χ4v) is 1.86. The van der Waals surface area contributed by atoms with E-state index in [0.29, 0.717) is 11.0 Å². The molecule has 17 heavy (non-hydrogen) atoms. The zero-order chi connectivity index (χ0) is 12.1. The van der Waals surface area contributed by atoms with Crippen LogP contribution >= 0.6 is 11.8 Å². The molecule has 1 aromatic rings.